The van der Waals surface area contributed by atoms with Crippen molar-refractivity contribution in [2.75, 3.05) is 7.05 Å². The second-order valence-corrected chi connectivity index (χ2v) is 22.7. The van der Waals surface area contributed by atoms with E-state index in [1.165, 1.54) is 86.0 Å². The summed E-state index contributed by atoms with van der Waals surface area (Å²) in [7, 11) is 1.19. The summed E-state index contributed by atoms with van der Waals surface area (Å²) in [5.41, 5.74) is -0.251. The first-order chi connectivity index (χ1) is 41.8. The Kier molecular flexibility index (Phi) is 17.3. The number of fused-ring (bicyclic) bond motifs is 11. The molecule has 6 amide bonds. The lowest BCUT2D eigenvalue weighted by molar-refractivity contribution is -0.145. The zero-order valence-corrected chi connectivity index (χ0v) is 49.3. The number of nitrogens with one attached hydrogen (secondary N) is 6. The Hall–Kier alpha value is -9.42. The van der Waals surface area contributed by atoms with Crippen molar-refractivity contribution in [3.63, 3.8) is 0 Å². The van der Waals surface area contributed by atoms with Crippen molar-refractivity contribution in [2.45, 2.75) is 42.7 Å². The molecule has 0 saturated heterocycles. The van der Waals surface area contributed by atoms with Crippen molar-refractivity contribution in [3.8, 4) is 51.4 Å². The minimum atomic E-state index is -2.07. The Morgan fingerprint density at radius 1 is 0.614 bits per heavy atom. The fourth-order valence-corrected chi connectivity index (χ4v) is 11.5. The molecule has 3 aliphatic heterocycles. The Bertz CT molecular complexity index is 4190. The van der Waals surface area contributed by atoms with Crippen molar-refractivity contribution < 1.29 is 73.7 Å². The number of ketones is 1. The Morgan fingerprint density at radius 2 is 1.14 bits per heavy atom. The largest absolute Gasteiger partial charge is 0.508 e. The van der Waals surface area contributed by atoms with Crippen LogP contribution in [0.15, 0.2) is 121 Å². The van der Waals surface area contributed by atoms with Crippen LogP contribution in [0.2, 0.25) is 30.1 Å². The van der Waals surface area contributed by atoms with Crippen molar-refractivity contribution in [1.29, 1.82) is 0 Å². The predicted octanol–water partition coefficient (Wildman–Crippen LogP) is 9.33. The zero-order chi connectivity index (χ0) is 63.3. The summed E-state index contributed by atoms with van der Waals surface area (Å²) in [5.74, 6) is -13.0. The van der Waals surface area contributed by atoms with E-state index in [0.717, 1.165) is 41.3 Å². The summed E-state index contributed by atoms with van der Waals surface area (Å²) < 4.78 is 6.37. The third-order valence-corrected chi connectivity index (χ3v) is 16.4. The number of carbonyl (C=O) groups excluding carboxylic acids is 7. The maximum Gasteiger partial charge on any atom is 0.330 e. The fraction of sp³-hybridized carbons (Fsp3) is 0.133. The minimum Gasteiger partial charge on any atom is -0.508 e. The van der Waals surface area contributed by atoms with Crippen LogP contribution in [0, 0.1) is 0 Å². The fourth-order valence-electron chi connectivity index (χ4n) is 10.0. The van der Waals surface area contributed by atoms with E-state index in [4.69, 9.17) is 74.3 Å². The number of amides is 6. The maximum atomic E-state index is 15.7. The molecular formula is C60H43Cl6N7O15. The highest BCUT2D eigenvalue weighted by molar-refractivity contribution is 6.45. The first-order valence-corrected chi connectivity index (χ1v) is 28.2. The number of phenols is 5. The third-order valence-electron chi connectivity index (χ3n) is 14.6. The quantitative estimate of drug-likeness (QED) is 0.0473. The number of carbonyl (C=O) groups is 8. The maximum absolute atomic E-state index is 15.7. The van der Waals surface area contributed by atoms with Gasteiger partial charge in [-0.1, -0.05) is 99.9 Å². The molecule has 7 bridgehead atoms. The summed E-state index contributed by atoms with van der Waals surface area (Å²) in [6.45, 7) is 0. The average Bonchev–Trinajstić information content (AvgIpc) is 1.55. The van der Waals surface area contributed by atoms with E-state index in [-0.39, 0.29) is 78.0 Å². The van der Waals surface area contributed by atoms with Crippen LogP contribution in [0.25, 0.3) is 22.0 Å². The zero-order valence-electron chi connectivity index (χ0n) is 44.8. The molecule has 12 N–H and O–H groups in total. The molecule has 88 heavy (non-hydrogen) atoms. The second-order valence-electron chi connectivity index (χ2n) is 20.2. The number of nitrogens with zero attached hydrogens (tertiary/aromatic N) is 1. The Balaban J connectivity index is 1.16. The number of hydrogen-bond acceptors (Lipinski definition) is 14. The van der Waals surface area contributed by atoms with Crippen LogP contribution in [-0.2, 0) is 40.0 Å². The van der Waals surface area contributed by atoms with Crippen molar-refractivity contribution >= 4 is 128 Å². The van der Waals surface area contributed by atoms with Gasteiger partial charge >= 0.3 is 5.97 Å². The molecule has 22 nitrogen and oxygen atoms in total. The molecule has 0 saturated carbocycles. The average molecular weight is 1310 g/mol. The minimum absolute atomic E-state index is 0.0185. The number of likely N-dealkylation sites (N-methyl/N-ethyl adjacent to an activating group) is 1. The van der Waals surface area contributed by atoms with Crippen molar-refractivity contribution in [3.05, 3.63) is 191 Å². The van der Waals surface area contributed by atoms with Crippen LogP contribution in [-0.4, -0.2) is 101 Å². The molecule has 11 rings (SSSR count). The lowest BCUT2D eigenvalue weighted by atomic mass is 9.93. The Morgan fingerprint density at radius 3 is 1.70 bits per heavy atom. The van der Waals surface area contributed by atoms with Crippen LogP contribution in [0.4, 0.5) is 0 Å². The number of phenolic OH excluding ortho intramolecular Hbond substituents is 5. The van der Waals surface area contributed by atoms with Gasteiger partial charge in [0.15, 0.2) is 34.8 Å². The van der Waals surface area contributed by atoms with Crippen LogP contribution in [0.1, 0.15) is 73.9 Å². The van der Waals surface area contributed by atoms with Crippen molar-refractivity contribution in [2.24, 2.45) is 0 Å². The van der Waals surface area contributed by atoms with E-state index >= 15 is 19.2 Å². The van der Waals surface area contributed by atoms with Gasteiger partial charge < -0.3 is 71.8 Å². The number of benzene rings is 7. The number of carboxylic acid groups (broad SMARTS) is 1. The molecule has 0 radical (unpaired) electrons. The number of rotatable bonds is 9. The first-order valence-electron chi connectivity index (χ1n) is 25.9. The summed E-state index contributed by atoms with van der Waals surface area (Å²) in [4.78, 5) is 121. The predicted molar refractivity (Wildman–Crippen MR) is 321 cm³/mol. The number of aromatic hydroxyl groups is 5. The van der Waals surface area contributed by atoms with Crippen LogP contribution >= 0.6 is 69.6 Å². The Labute approximate surface area is 526 Å². The molecular weight excluding hydrogens is 1270 g/mol. The number of H-pyrrole nitrogens is 1. The molecule has 450 valence electrons. The van der Waals surface area contributed by atoms with Gasteiger partial charge in [-0.25, -0.2) is 4.79 Å². The highest BCUT2D eigenvalue weighted by Crippen LogP contribution is 2.45. The summed E-state index contributed by atoms with van der Waals surface area (Å²) in [6, 6.07) is 12.8. The standard InChI is InChI=1S/C60H43Cl6N7O15/c1-73-42(54(80)71-47(60(86)87)24-4-7-30(74)8-5-24)12-23-2-9-31(10-3-23)88-43-21-26-14-32(50(43)76)25-6-11-41-33(13-25)34(22-67-41)48(72-58(84)49(75)29-19-39(65)53(79)40(66)20-29)57(83)69-45(27-15-35(61)51(77)36(62)16-27)55(81)68-44(26)56(82)70-46(59(73)85)28-17-37(63)52(78)38(64)18-28/h2-11,13-22,42,44-48,67,74,76-79H,12H2,1H3,(H,68,81)(H,69,83)(H,70,82)(H,71,80)(H,72,84)(H,86,87)/t42-,44+,45+,46+,47+,48-/m1/s1. The molecule has 3 aliphatic rings. The number of halogens is 6. The number of carboxylic acids is 1. The van der Waals surface area contributed by atoms with Gasteiger partial charge in [0.2, 0.25) is 35.3 Å². The first kappa shape index (κ1) is 61.7. The van der Waals surface area contributed by atoms with Gasteiger partial charge in [0.05, 0.1) is 30.1 Å². The molecule has 7 aromatic carbocycles. The highest BCUT2D eigenvalue weighted by atomic mass is 35.5. The molecule has 0 fully saturated rings. The van der Waals surface area contributed by atoms with Crippen LogP contribution < -0.4 is 31.3 Å². The number of ether oxygens (including phenoxy) is 1. The summed E-state index contributed by atoms with van der Waals surface area (Å²) in [6.07, 6.45) is 1.00. The summed E-state index contributed by atoms with van der Waals surface area (Å²) >= 11 is 38.0. The van der Waals surface area contributed by atoms with Gasteiger partial charge in [0, 0.05) is 47.3 Å². The number of aliphatic carboxylic acids is 1. The highest BCUT2D eigenvalue weighted by Gasteiger charge is 2.40. The number of hydrogen-bond donors (Lipinski definition) is 12. The summed E-state index contributed by atoms with van der Waals surface area (Å²) in [5, 5.41) is 74.7. The monoisotopic (exact) mass is 1310 g/mol. The SMILES string of the molecule is CN1C(=O)[C@H](c2cc(Cl)c(O)c(Cl)c2)NC(=O)[C@H]2NC(=O)[C@H](c3cc(Cl)c(O)c(Cl)c3)NC(=O)[C@H](NC(=O)C(=O)c3cc(Cl)c(O)c(Cl)c3)c3c[nH]c4ccc(cc34)-c3cc2cc(c3O)Oc2ccc(cc2)C[C@@H]1C(=O)N[C@H](C(=O)O)c1ccc(O)cc1. The number of aromatic amines is 1. The van der Waals surface area contributed by atoms with Crippen LogP contribution in [0.3, 0.4) is 0 Å². The molecule has 8 aromatic rings. The van der Waals surface area contributed by atoms with E-state index < -0.39 is 132 Å². The van der Waals surface area contributed by atoms with E-state index in [9.17, 15) is 49.8 Å². The lowest BCUT2D eigenvalue weighted by Crippen LogP contribution is -2.54. The molecule has 6 atom stereocenters. The van der Waals surface area contributed by atoms with E-state index in [1.54, 1.807) is 6.07 Å². The molecule has 0 aliphatic carbocycles. The number of Topliss-reactive ketones (excluding diaryl/α,β-unsaturated/α-hetero) is 1. The number of aromatic nitrogens is 1. The van der Waals surface area contributed by atoms with Gasteiger partial charge in [-0.2, -0.15) is 0 Å². The van der Waals surface area contributed by atoms with Gasteiger partial charge in [-0.15, -0.1) is 0 Å². The van der Waals surface area contributed by atoms with Gasteiger partial charge in [-0.05, 0) is 118 Å². The molecule has 0 spiro atoms. The van der Waals surface area contributed by atoms with Gasteiger partial charge in [-0.3, -0.25) is 33.6 Å². The molecule has 0 unspecified atom stereocenters. The lowest BCUT2D eigenvalue weighted by Gasteiger charge is -2.33. The normalized spacial score (nSPS) is 18.2. The van der Waals surface area contributed by atoms with Gasteiger partial charge in [0.25, 0.3) is 5.91 Å². The van der Waals surface area contributed by atoms with E-state index in [0.29, 0.717) is 11.1 Å². The smallest absolute Gasteiger partial charge is 0.330 e. The van der Waals surface area contributed by atoms with Gasteiger partial charge in [0.1, 0.15) is 41.7 Å². The third kappa shape index (κ3) is 12.3. The topological polar surface area (TPSA) is 346 Å². The van der Waals surface area contributed by atoms with E-state index in [1.807, 2.05) is 0 Å². The second kappa shape index (κ2) is 24.8. The van der Waals surface area contributed by atoms with E-state index in [2.05, 4.69) is 31.6 Å². The molecule has 28 heteroatoms. The van der Waals surface area contributed by atoms with Crippen molar-refractivity contribution in [1.82, 2.24) is 36.5 Å². The molecule has 1 aromatic heterocycles. The molecule has 4 heterocycles. The van der Waals surface area contributed by atoms with Crippen LogP contribution in [0.5, 0.6) is 40.2 Å².